The molecule has 1 fully saturated rings. The summed E-state index contributed by atoms with van der Waals surface area (Å²) in [5, 5.41) is 12.1. The molecule has 0 spiro atoms. The van der Waals surface area contributed by atoms with Gasteiger partial charge in [0.25, 0.3) is 0 Å². The van der Waals surface area contributed by atoms with Crippen molar-refractivity contribution in [1.29, 1.82) is 0 Å². The van der Waals surface area contributed by atoms with Gasteiger partial charge < -0.3 is 20.3 Å². The second-order valence-corrected chi connectivity index (χ2v) is 12.0. The molecule has 1 saturated heterocycles. The van der Waals surface area contributed by atoms with E-state index in [1.807, 2.05) is 24.3 Å². The molecule has 0 unspecified atom stereocenters. The Balaban J connectivity index is 1.26. The Morgan fingerprint density at radius 1 is 0.795 bits per heavy atom. The highest BCUT2D eigenvalue weighted by molar-refractivity contribution is 5.83. The van der Waals surface area contributed by atoms with Crippen molar-refractivity contribution in [2.75, 3.05) is 13.6 Å². The molecule has 0 saturated carbocycles. The molecule has 0 aromatic heterocycles. The molecular weight excluding hydrogens is 544 g/mol. The minimum absolute atomic E-state index is 0.0206. The zero-order valence-corrected chi connectivity index (χ0v) is 25.8. The van der Waals surface area contributed by atoms with Crippen molar-refractivity contribution in [2.24, 2.45) is 11.7 Å². The average molecular weight is 587 g/mol. The van der Waals surface area contributed by atoms with E-state index in [1.165, 1.54) is 16.3 Å². The summed E-state index contributed by atoms with van der Waals surface area (Å²) in [6.07, 6.45) is -0.739. The molecule has 1 heterocycles. The van der Waals surface area contributed by atoms with Crippen LogP contribution in [-0.4, -0.2) is 29.7 Å². The number of nitrogens with zero attached hydrogens (tertiary/aromatic N) is 1. The number of fused-ring (bicyclic) bond motifs is 1. The molecule has 5 aromatic carbocycles. The van der Waals surface area contributed by atoms with Crippen molar-refractivity contribution in [3.05, 3.63) is 143 Å². The molecule has 5 heteroatoms. The van der Waals surface area contributed by atoms with Crippen LogP contribution in [0.5, 0.6) is 0 Å². The van der Waals surface area contributed by atoms with Gasteiger partial charge in [0.2, 0.25) is 0 Å². The van der Waals surface area contributed by atoms with Crippen LogP contribution in [0.4, 0.5) is 0 Å². The van der Waals surface area contributed by atoms with E-state index < -0.39 is 6.29 Å². The number of nitrogens with two attached hydrogens (primary N) is 1. The minimum atomic E-state index is -0.512. The Labute approximate surface area is 260 Å². The van der Waals surface area contributed by atoms with Gasteiger partial charge in [0.15, 0.2) is 6.29 Å². The summed E-state index contributed by atoms with van der Waals surface area (Å²) in [5.74, 6) is 0.105. The smallest absolute Gasteiger partial charge is 0.184 e. The van der Waals surface area contributed by atoms with Gasteiger partial charge in [-0.1, -0.05) is 116 Å². The van der Waals surface area contributed by atoms with Crippen molar-refractivity contribution >= 4 is 10.8 Å². The molecule has 1 aliphatic rings. The highest BCUT2D eigenvalue weighted by Gasteiger charge is 2.39. The van der Waals surface area contributed by atoms with Crippen LogP contribution in [0, 0.1) is 5.92 Å². The molecule has 6 rings (SSSR count). The predicted molar refractivity (Wildman–Crippen MR) is 178 cm³/mol. The topological polar surface area (TPSA) is 68.0 Å². The van der Waals surface area contributed by atoms with Crippen molar-refractivity contribution < 1.29 is 14.6 Å². The SMILES string of the molecule is C[C@@H]1[C@H](CN(C)[C@H](C)c2ccc3ccccc3c2)O[C@H](c2ccc(-c3ccccc3CN)cc2)O[C@@H]1c1ccc(CO)cc1. The van der Waals surface area contributed by atoms with E-state index in [0.29, 0.717) is 6.54 Å². The number of hydrogen-bond acceptors (Lipinski definition) is 5. The molecule has 0 radical (unpaired) electrons. The number of likely N-dealkylation sites (N-methyl/N-ethyl adjacent to an activating group) is 1. The number of aliphatic hydroxyl groups excluding tert-OH is 1. The Morgan fingerprint density at radius 3 is 2.20 bits per heavy atom. The fourth-order valence-corrected chi connectivity index (χ4v) is 6.29. The molecule has 5 nitrogen and oxygen atoms in total. The summed E-state index contributed by atoms with van der Waals surface area (Å²) >= 11 is 0. The maximum atomic E-state index is 9.60. The van der Waals surface area contributed by atoms with Gasteiger partial charge in [0.05, 0.1) is 18.8 Å². The highest BCUT2D eigenvalue weighted by Crippen LogP contribution is 2.42. The van der Waals surface area contributed by atoms with Crippen LogP contribution in [0.1, 0.15) is 60.1 Å². The minimum Gasteiger partial charge on any atom is -0.392 e. The quantitative estimate of drug-likeness (QED) is 0.184. The van der Waals surface area contributed by atoms with E-state index in [-0.39, 0.29) is 30.8 Å². The normalized spacial score (nSPS) is 21.0. The van der Waals surface area contributed by atoms with Gasteiger partial charge in [0, 0.05) is 30.6 Å². The molecule has 44 heavy (non-hydrogen) atoms. The third kappa shape index (κ3) is 6.34. The lowest BCUT2D eigenvalue weighted by Crippen LogP contribution is -2.44. The fourth-order valence-electron chi connectivity index (χ4n) is 6.29. The van der Waals surface area contributed by atoms with Gasteiger partial charge in [0.1, 0.15) is 0 Å². The zero-order valence-electron chi connectivity index (χ0n) is 25.8. The largest absolute Gasteiger partial charge is 0.392 e. The number of rotatable bonds is 9. The number of benzene rings is 5. The molecule has 226 valence electrons. The Kier molecular flexibility index (Phi) is 9.22. The summed E-state index contributed by atoms with van der Waals surface area (Å²) in [7, 11) is 2.18. The molecule has 3 N–H and O–H groups in total. The Hall–Kier alpha value is -3.84. The standard InChI is InChI=1S/C39H42N2O3/c1-26-37(24-41(3)27(2)33-21-16-29-8-4-5-9-34(29)22-33)43-39(44-38(26)31-14-12-28(25-42)13-15-31)32-19-17-30(18-20-32)36-11-7-6-10-35(36)23-40/h4-22,26-27,37-39,42H,23-25,40H2,1-3H3/t26-,27-,37+,38+,39+/m1/s1. The first-order valence-electron chi connectivity index (χ1n) is 15.5. The summed E-state index contributed by atoms with van der Waals surface area (Å²) in [6, 6.07) is 40.3. The third-order valence-electron chi connectivity index (χ3n) is 9.24. The summed E-state index contributed by atoms with van der Waals surface area (Å²) < 4.78 is 13.5. The van der Waals surface area contributed by atoms with Gasteiger partial charge >= 0.3 is 0 Å². The molecule has 0 bridgehead atoms. The second-order valence-electron chi connectivity index (χ2n) is 12.0. The second kappa shape index (κ2) is 13.4. The highest BCUT2D eigenvalue weighted by atomic mass is 16.7. The van der Waals surface area contributed by atoms with Crippen LogP contribution >= 0.6 is 0 Å². The lowest BCUT2D eigenvalue weighted by Gasteiger charge is -2.43. The first-order chi connectivity index (χ1) is 21.4. The third-order valence-corrected chi connectivity index (χ3v) is 9.24. The molecule has 0 amide bonds. The van der Waals surface area contributed by atoms with Crippen molar-refractivity contribution in [2.45, 2.75) is 51.5 Å². The van der Waals surface area contributed by atoms with Crippen molar-refractivity contribution in [3.8, 4) is 11.1 Å². The monoisotopic (exact) mass is 586 g/mol. The molecule has 5 aromatic rings. The lowest BCUT2D eigenvalue weighted by atomic mass is 9.89. The summed E-state index contributed by atoms with van der Waals surface area (Å²) in [4.78, 5) is 2.38. The maximum Gasteiger partial charge on any atom is 0.184 e. The molecule has 0 aliphatic carbocycles. The van der Waals surface area contributed by atoms with Gasteiger partial charge in [-0.25, -0.2) is 0 Å². The van der Waals surface area contributed by atoms with Crippen LogP contribution in [0.25, 0.3) is 21.9 Å². The Morgan fingerprint density at radius 2 is 1.48 bits per heavy atom. The number of aliphatic hydroxyl groups is 1. The lowest BCUT2D eigenvalue weighted by molar-refractivity contribution is -0.276. The number of ether oxygens (including phenoxy) is 2. The van der Waals surface area contributed by atoms with Crippen LogP contribution in [0.15, 0.2) is 115 Å². The Bertz CT molecular complexity index is 1680. The van der Waals surface area contributed by atoms with Crippen LogP contribution in [-0.2, 0) is 22.6 Å². The van der Waals surface area contributed by atoms with Crippen LogP contribution in [0.3, 0.4) is 0 Å². The van der Waals surface area contributed by atoms with E-state index in [2.05, 4.69) is 117 Å². The zero-order chi connectivity index (χ0) is 30.6. The van der Waals surface area contributed by atoms with E-state index in [1.54, 1.807) is 0 Å². The molecule has 1 aliphatic heterocycles. The van der Waals surface area contributed by atoms with Gasteiger partial charge in [-0.05, 0) is 64.2 Å². The summed E-state index contributed by atoms with van der Waals surface area (Å²) in [5.41, 5.74) is 13.6. The molecular formula is C39H42N2O3. The van der Waals surface area contributed by atoms with Crippen LogP contribution in [0.2, 0.25) is 0 Å². The van der Waals surface area contributed by atoms with E-state index in [4.69, 9.17) is 15.2 Å². The predicted octanol–water partition coefficient (Wildman–Crippen LogP) is 7.94. The van der Waals surface area contributed by atoms with E-state index >= 15 is 0 Å². The van der Waals surface area contributed by atoms with Crippen molar-refractivity contribution in [1.82, 2.24) is 4.90 Å². The van der Waals surface area contributed by atoms with E-state index in [9.17, 15) is 5.11 Å². The first kappa shape index (κ1) is 30.2. The average Bonchev–Trinajstić information content (AvgIpc) is 3.08. The summed E-state index contributed by atoms with van der Waals surface area (Å²) in [6.45, 7) is 5.74. The maximum absolute atomic E-state index is 9.60. The van der Waals surface area contributed by atoms with Crippen molar-refractivity contribution in [3.63, 3.8) is 0 Å². The van der Waals surface area contributed by atoms with Gasteiger partial charge in [-0.3, -0.25) is 4.90 Å². The number of hydrogen-bond donors (Lipinski definition) is 2. The fraction of sp³-hybridized carbons (Fsp3) is 0.282. The van der Waals surface area contributed by atoms with E-state index in [0.717, 1.165) is 39.9 Å². The van der Waals surface area contributed by atoms with Crippen LogP contribution < -0.4 is 5.73 Å². The van der Waals surface area contributed by atoms with Gasteiger partial charge in [-0.15, -0.1) is 0 Å². The van der Waals surface area contributed by atoms with Gasteiger partial charge in [-0.2, -0.15) is 0 Å². The first-order valence-corrected chi connectivity index (χ1v) is 15.5. The molecule has 5 atom stereocenters.